The van der Waals surface area contributed by atoms with Crippen molar-refractivity contribution in [2.45, 2.75) is 25.7 Å². The standard InChI is InChI=1S/C22H32N2O6/c25-8-4-21(6-10-29-15-21)13-23-19(27)17-2-1-3-18(12-17)20(28)24-14-22(5-9-26)7-11-30-16-22/h1-3,12,25-26H,4-11,13-16H2,(H,23,27)(H,24,28). The van der Waals surface area contributed by atoms with Crippen molar-refractivity contribution in [3.63, 3.8) is 0 Å². The van der Waals surface area contributed by atoms with E-state index in [1.165, 1.54) is 0 Å². The number of carbonyl (C=O) groups is 2. The molecule has 0 spiro atoms. The zero-order valence-corrected chi connectivity index (χ0v) is 17.3. The summed E-state index contributed by atoms with van der Waals surface area (Å²) in [6.45, 7) is 3.27. The van der Waals surface area contributed by atoms with E-state index in [4.69, 9.17) is 9.47 Å². The van der Waals surface area contributed by atoms with Crippen molar-refractivity contribution in [2.24, 2.45) is 10.8 Å². The SMILES string of the molecule is O=C(NCC1(CCO)CCOC1)c1cccc(C(=O)NCC2(CCO)CCOC2)c1. The molecule has 8 heteroatoms. The fourth-order valence-corrected chi connectivity index (χ4v) is 4.16. The Morgan fingerprint density at radius 2 is 1.33 bits per heavy atom. The lowest BCUT2D eigenvalue weighted by molar-refractivity contribution is 0.0888. The van der Waals surface area contributed by atoms with E-state index in [0.717, 1.165) is 12.8 Å². The first-order valence-corrected chi connectivity index (χ1v) is 10.6. The lowest BCUT2D eigenvalue weighted by Gasteiger charge is -2.27. The Bertz CT molecular complexity index is 669. The number of carbonyl (C=O) groups excluding carboxylic acids is 2. The predicted octanol–water partition coefficient (Wildman–Crippen LogP) is 0.724. The highest BCUT2D eigenvalue weighted by Crippen LogP contribution is 2.32. The first kappa shape index (κ1) is 22.7. The first-order valence-electron chi connectivity index (χ1n) is 10.6. The molecule has 1 aromatic carbocycles. The molecule has 2 amide bonds. The van der Waals surface area contributed by atoms with Crippen molar-refractivity contribution in [3.05, 3.63) is 35.4 Å². The second-order valence-corrected chi connectivity index (χ2v) is 8.50. The minimum atomic E-state index is -0.255. The highest BCUT2D eigenvalue weighted by Gasteiger charge is 2.36. The van der Waals surface area contributed by atoms with Crippen LogP contribution in [-0.2, 0) is 9.47 Å². The van der Waals surface area contributed by atoms with E-state index >= 15 is 0 Å². The predicted molar refractivity (Wildman–Crippen MR) is 110 cm³/mol. The molecule has 2 heterocycles. The third kappa shape index (κ3) is 5.57. The molecule has 2 fully saturated rings. The van der Waals surface area contributed by atoms with E-state index in [-0.39, 0.29) is 35.9 Å². The summed E-state index contributed by atoms with van der Waals surface area (Å²) in [6, 6.07) is 6.62. The molecular formula is C22H32N2O6. The van der Waals surface area contributed by atoms with Crippen LogP contribution < -0.4 is 10.6 Å². The maximum atomic E-state index is 12.6. The molecule has 166 valence electrons. The van der Waals surface area contributed by atoms with Crippen molar-refractivity contribution < 1.29 is 29.3 Å². The second-order valence-electron chi connectivity index (χ2n) is 8.50. The van der Waals surface area contributed by atoms with E-state index in [9.17, 15) is 19.8 Å². The Kier molecular flexibility index (Phi) is 7.82. The maximum absolute atomic E-state index is 12.6. The number of aliphatic hydroxyl groups is 2. The van der Waals surface area contributed by atoms with Gasteiger partial charge in [0, 0.05) is 61.5 Å². The summed E-state index contributed by atoms with van der Waals surface area (Å²) >= 11 is 0. The molecule has 0 aromatic heterocycles. The normalized spacial score (nSPS) is 25.9. The van der Waals surface area contributed by atoms with Gasteiger partial charge in [-0.2, -0.15) is 0 Å². The fraction of sp³-hybridized carbons (Fsp3) is 0.636. The Hall–Kier alpha value is -2.00. The van der Waals surface area contributed by atoms with Crippen LogP contribution in [0.1, 0.15) is 46.4 Å². The summed E-state index contributed by atoms with van der Waals surface area (Å²) in [4.78, 5) is 25.3. The van der Waals surface area contributed by atoms with E-state index < -0.39 is 0 Å². The number of ether oxygens (including phenoxy) is 2. The van der Waals surface area contributed by atoms with Crippen LogP contribution in [0, 0.1) is 10.8 Å². The molecule has 2 aliphatic heterocycles. The Balaban J connectivity index is 1.58. The highest BCUT2D eigenvalue weighted by molar-refractivity contribution is 5.99. The molecule has 3 rings (SSSR count). The molecule has 1 aromatic rings. The maximum Gasteiger partial charge on any atom is 0.251 e. The monoisotopic (exact) mass is 420 g/mol. The largest absolute Gasteiger partial charge is 0.396 e. The van der Waals surface area contributed by atoms with Gasteiger partial charge in [-0.1, -0.05) is 6.07 Å². The third-order valence-electron chi connectivity index (χ3n) is 6.29. The van der Waals surface area contributed by atoms with Crippen LogP contribution in [0.3, 0.4) is 0 Å². The fourth-order valence-electron chi connectivity index (χ4n) is 4.16. The molecule has 2 saturated heterocycles. The second kappa shape index (κ2) is 10.3. The minimum Gasteiger partial charge on any atom is -0.396 e. The van der Waals surface area contributed by atoms with Crippen LogP contribution in [-0.4, -0.2) is 74.8 Å². The van der Waals surface area contributed by atoms with Crippen LogP contribution >= 0.6 is 0 Å². The molecule has 0 aliphatic carbocycles. The number of rotatable bonds is 10. The van der Waals surface area contributed by atoms with Crippen LogP contribution in [0.4, 0.5) is 0 Å². The molecule has 8 nitrogen and oxygen atoms in total. The molecule has 4 N–H and O–H groups in total. The number of aliphatic hydroxyl groups excluding tert-OH is 2. The van der Waals surface area contributed by atoms with Gasteiger partial charge in [-0.15, -0.1) is 0 Å². The van der Waals surface area contributed by atoms with Gasteiger partial charge in [0.1, 0.15) is 0 Å². The minimum absolute atomic E-state index is 0.0533. The van der Waals surface area contributed by atoms with E-state index in [1.807, 2.05) is 0 Å². The Labute approximate surface area is 176 Å². The van der Waals surface area contributed by atoms with Crippen LogP contribution in [0.2, 0.25) is 0 Å². The molecule has 0 saturated carbocycles. The summed E-state index contributed by atoms with van der Waals surface area (Å²) in [5, 5.41) is 24.5. The Morgan fingerprint density at radius 3 is 1.70 bits per heavy atom. The van der Waals surface area contributed by atoms with Gasteiger partial charge in [0.25, 0.3) is 11.8 Å². The van der Waals surface area contributed by atoms with Gasteiger partial charge in [-0.05, 0) is 43.9 Å². The zero-order valence-electron chi connectivity index (χ0n) is 17.3. The topological polar surface area (TPSA) is 117 Å². The molecule has 2 aliphatic rings. The number of hydrogen-bond acceptors (Lipinski definition) is 6. The molecule has 2 unspecified atom stereocenters. The Morgan fingerprint density at radius 1 is 0.867 bits per heavy atom. The summed E-state index contributed by atoms with van der Waals surface area (Å²) in [5.74, 6) is -0.510. The lowest BCUT2D eigenvalue weighted by Crippen LogP contribution is -2.39. The molecule has 0 bridgehead atoms. The molecular weight excluding hydrogens is 388 g/mol. The van der Waals surface area contributed by atoms with Crippen LogP contribution in [0.15, 0.2) is 24.3 Å². The van der Waals surface area contributed by atoms with E-state index in [0.29, 0.717) is 63.5 Å². The van der Waals surface area contributed by atoms with Gasteiger partial charge < -0.3 is 30.3 Å². The summed E-state index contributed by atoms with van der Waals surface area (Å²) in [5.41, 5.74) is 0.359. The smallest absolute Gasteiger partial charge is 0.251 e. The highest BCUT2D eigenvalue weighted by atomic mass is 16.5. The molecule has 0 radical (unpaired) electrons. The number of amides is 2. The quantitative estimate of drug-likeness (QED) is 0.443. The van der Waals surface area contributed by atoms with E-state index in [1.54, 1.807) is 24.3 Å². The average Bonchev–Trinajstić information content (AvgIpc) is 3.42. The zero-order chi connectivity index (χ0) is 21.5. The van der Waals surface area contributed by atoms with Crippen molar-refractivity contribution in [3.8, 4) is 0 Å². The van der Waals surface area contributed by atoms with Gasteiger partial charge in [0.05, 0.1) is 13.2 Å². The van der Waals surface area contributed by atoms with E-state index in [2.05, 4.69) is 10.6 Å². The van der Waals surface area contributed by atoms with Crippen LogP contribution in [0.25, 0.3) is 0 Å². The third-order valence-corrected chi connectivity index (χ3v) is 6.29. The van der Waals surface area contributed by atoms with Crippen molar-refractivity contribution in [2.75, 3.05) is 52.7 Å². The summed E-state index contributed by atoms with van der Waals surface area (Å²) in [6.07, 6.45) is 2.76. The van der Waals surface area contributed by atoms with Crippen molar-refractivity contribution >= 4 is 11.8 Å². The average molecular weight is 421 g/mol. The van der Waals surface area contributed by atoms with Crippen molar-refractivity contribution in [1.29, 1.82) is 0 Å². The first-order chi connectivity index (χ1) is 14.5. The summed E-state index contributed by atoms with van der Waals surface area (Å²) in [7, 11) is 0. The molecule has 30 heavy (non-hydrogen) atoms. The van der Waals surface area contributed by atoms with Crippen LogP contribution in [0.5, 0.6) is 0 Å². The van der Waals surface area contributed by atoms with Gasteiger partial charge in [-0.25, -0.2) is 0 Å². The van der Waals surface area contributed by atoms with Crippen molar-refractivity contribution in [1.82, 2.24) is 10.6 Å². The number of benzene rings is 1. The lowest BCUT2D eigenvalue weighted by atomic mass is 9.84. The number of hydrogen-bond donors (Lipinski definition) is 4. The number of nitrogens with one attached hydrogen (secondary N) is 2. The van der Waals surface area contributed by atoms with Gasteiger partial charge in [-0.3, -0.25) is 9.59 Å². The summed E-state index contributed by atoms with van der Waals surface area (Å²) < 4.78 is 10.9. The van der Waals surface area contributed by atoms with Gasteiger partial charge in [0.15, 0.2) is 0 Å². The van der Waals surface area contributed by atoms with Gasteiger partial charge >= 0.3 is 0 Å². The molecule has 2 atom stereocenters. The van der Waals surface area contributed by atoms with Gasteiger partial charge in [0.2, 0.25) is 0 Å².